The second kappa shape index (κ2) is 10.3. The second-order valence-electron chi connectivity index (χ2n) is 8.22. The van der Waals surface area contributed by atoms with E-state index in [1.54, 1.807) is 29.2 Å². The van der Waals surface area contributed by atoms with E-state index in [0.717, 1.165) is 36.2 Å². The zero-order chi connectivity index (χ0) is 23.4. The summed E-state index contributed by atoms with van der Waals surface area (Å²) in [6.07, 6.45) is 2.16. The lowest BCUT2D eigenvalue weighted by Gasteiger charge is -2.29. The van der Waals surface area contributed by atoms with Crippen LogP contribution in [-0.2, 0) is 0 Å². The Kier molecular flexibility index (Phi) is 7.20. The molecule has 0 spiro atoms. The average Bonchev–Trinajstić information content (AvgIpc) is 3.21. The molecular formula is C26H24Cl2N4O. The van der Waals surface area contributed by atoms with E-state index in [0.29, 0.717) is 27.8 Å². The summed E-state index contributed by atoms with van der Waals surface area (Å²) in [7, 11) is 2.09. The van der Waals surface area contributed by atoms with Gasteiger partial charge in [-0.1, -0.05) is 47.5 Å². The fourth-order valence-electron chi connectivity index (χ4n) is 4.15. The van der Waals surface area contributed by atoms with Gasteiger partial charge in [-0.3, -0.25) is 4.90 Å². The number of nitrogens with one attached hydrogen (secondary N) is 1. The van der Waals surface area contributed by atoms with Crippen LogP contribution in [0.2, 0.25) is 10.0 Å². The summed E-state index contributed by atoms with van der Waals surface area (Å²) in [6, 6.07) is 22.5. The lowest BCUT2D eigenvalue weighted by molar-refractivity contribution is 0.252. The van der Waals surface area contributed by atoms with Gasteiger partial charge in [0.15, 0.2) is 0 Å². The maximum atomic E-state index is 13.3. The van der Waals surface area contributed by atoms with E-state index in [-0.39, 0.29) is 12.1 Å². The lowest BCUT2D eigenvalue weighted by Crippen LogP contribution is -2.44. The number of rotatable bonds is 5. The van der Waals surface area contributed by atoms with Crippen molar-refractivity contribution in [2.24, 2.45) is 0 Å². The first-order valence-electron chi connectivity index (χ1n) is 10.8. The predicted molar refractivity (Wildman–Crippen MR) is 135 cm³/mol. The summed E-state index contributed by atoms with van der Waals surface area (Å²) in [5.74, 6) is 0. The Morgan fingerprint density at radius 2 is 1.82 bits per heavy atom. The number of likely N-dealkylation sites (N-methyl/N-ethyl adjacent to an activating group) is 1. The summed E-state index contributed by atoms with van der Waals surface area (Å²) in [5, 5.41) is 13.0. The molecule has 0 radical (unpaired) electrons. The highest BCUT2D eigenvalue weighted by atomic mass is 35.5. The fourth-order valence-corrected chi connectivity index (χ4v) is 4.67. The van der Waals surface area contributed by atoms with Crippen LogP contribution in [0.4, 0.5) is 16.2 Å². The van der Waals surface area contributed by atoms with Crippen LogP contribution in [0.5, 0.6) is 0 Å². The van der Waals surface area contributed by atoms with Crippen molar-refractivity contribution in [3.8, 4) is 17.2 Å². The van der Waals surface area contributed by atoms with Gasteiger partial charge in [0.1, 0.15) is 0 Å². The minimum Gasteiger partial charge on any atom is -0.307 e. The zero-order valence-corrected chi connectivity index (χ0v) is 19.8. The number of anilines is 2. The predicted octanol–water partition coefficient (Wildman–Crippen LogP) is 6.66. The molecule has 1 N–H and O–H groups in total. The van der Waals surface area contributed by atoms with Gasteiger partial charge in [0.2, 0.25) is 0 Å². The van der Waals surface area contributed by atoms with Crippen molar-refractivity contribution < 1.29 is 4.79 Å². The highest BCUT2D eigenvalue weighted by Gasteiger charge is 2.27. The number of benzene rings is 3. The van der Waals surface area contributed by atoms with Gasteiger partial charge in [-0.25, -0.2) is 4.79 Å². The molecule has 0 aliphatic carbocycles. The van der Waals surface area contributed by atoms with E-state index in [1.807, 2.05) is 42.5 Å². The van der Waals surface area contributed by atoms with Crippen LogP contribution >= 0.6 is 23.2 Å². The lowest BCUT2D eigenvalue weighted by atomic mass is 10.0. The third kappa shape index (κ3) is 5.66. The topological polar surface area (TPSA) is 59.4 Å². The van der Waals surface area contributed by atoms with Crippen LogP contribution < -0.4 is 10.2 Å². The van der Waals surface area contributed by atoms with Gasteiger partial charge in [0.05, 0.1) is 11.6 Å². The van der Waals surface area contributed by atoms with E-state index < -0.39 is 0 Å². The first-order chi connectivity index (χ1) is 15.9. The number of carbonyl (C=O) groups excluding carboxylic acids is 1. The largest absolute Gasteiger partial charge is 0.326 e. The number of hydrogen-bond acceptors (Lipinski definition) is 3. The Morgan fingerprint density at radius 3 is 2.45 bits per heavy atom. The highest BCUT2D eigenvalue weighted by Crippen LogP contribution is 2.27. The van der Waals surface area contributed by atoms with Gasteiger partial charge in [-0.15, -0.1) is 0 Å². The summed E-state index contributed by atoms with van der Waals surface area (Å²) < 4.78 is 0. The van der Waals surface area contributed by atoms with Crippen LogP contribution in [0, 0.1) is 11.3 Å². The third-order valence-corrected chi connectivity index (χ3v) is 6.36. The molecule has 0 unspecified atom stereocenters. The Bertz CT molecular complexity index is 1170. The fraction of sp³-hybridized carbons (Fsp3) is 0.231. The number of urea groups is 1. The van der Waals surface area contributed by atoms with Crippen molar-refractivity contribution in [1.82, 2.24) is 4.90 Å². The number of carbonyl (C=O) groups is 1. The van der Waals surface area contributed by atoms with Crippen molar-refractivity contribution in [2.75, 3.05) is 30.4 Å². The molecule has 1 saturated heterocycles. The van der Waals surface area contributed by atoms with Gasteiger partial charge in [-0.05, 0) is 80.0 Å². The van der Waals surface area contributed by atoms with Crippen LogP contribution in [0.25, 0.3) is 11.1 Å². The molecule has 0 bridgehead atoms. The summed E-state index contributed by atoms with van der Waals surface area (Å²) in [4.78, 5) is 17.4. The Morgan fingerprint density at radius 1 is 1.09 bits per heavy atom. The SMILES string of the molecule is CN1CCC[C@H]1CN(C(=O)Nc1cc(Cl)cc(Cl)c1)c1ccc(-c2cccc(C#N)c2)cc1. The molecule has 2 amide bonds. The monoisotopic (exact) mass is 478 g/mol. The van der Waals surface area contributed by atoms with Crippen molar-refractivity contribution in [3.05, 3.63) is 82.3 Å². The molecule has 0 saturated carbocycles. The second-order valence-corrected chi connectivity index (χ2v) is 9.09. The first kappa shape index (κ1) is 23.1. The normalized spacial score (nSPS) is 15.8. The Labute approximate surface area is 204 Å². The minimum absolute atomic E-state index is 0.243. The average molecular weight is 479 g/mol. The van der Waals surface area contributed by atoms with Crippen molar-refractivity contribution in [1.29, 1.82) is 5.26 Å². The van der Waals surface area contributed by atoms with E-state index in [4.69, 9.17) is 23.2 Å². The summed E-state index contributed by atoms with van der Waals surface area (Å²) >= 11 is 12.2. The molecule has 0 aromatic heterocycles. The van der Waals surface area contributed by atoms with E-state index >= 15 is 0 Å². The van der Waals surface area contributed by atoms with E-state index in [1.165, 1.54) is 0 Å². The molecule has 33 heavy (non-hydrogen) atoms. The molecule has 1 aliphatic heterocycles. The first-order valence-corrected chi connectivity index (χ1v) is 11.5. The number of likely N-dealkylation sites (tertiary alicyclic amines) is 1. The van der Waals surface area contributed by atoms with E-state index in [9.17, 15) is 10.1 Å². The smallest absolute Gasteiger partial charge is 0.307 e. The molecule has 3 aromatic carbocycles. The highest BCUT2D eigenvalue weighted by molar-refractivity contribution is 6.35. The number of nitrogens with zero attached hydrogens (tertiary/aromatic N) is 3. The maximum absolute atomic E-state index is 13.3. The molecule has 1 aliphatic rings. The number of hydrogen-bond donors (Lipinski definition) is 1. The van der Waals surface area contributed by atoms with Gasteiger partial charge in [0.25, 0.3) is 0 Å². The molecular weight excluding hydrogens is 455 g/mol. The summed E-state index contributed by atoms with van der Waals surface area (Å²) in [5.41, 5.74) is 3.90. The molecule has 4 rings (SSSR count). The summed E-state index contributed by atoms with van der Waals surface area (Å²) in [6.45, 7) is 1.60. The van der Waals surface area contributed by atoms with Crippen molar-refractivity contribution in [3.63, 3.8) is 0 Å². The van der Waals surface area contributed by atoms with Gasteiger partial charge >= 0.3 is 6.03 Å². The van der Waals surface area contributed by atoms with Gasteiger partial charge < -0.3 is 10.2 Å². The van der Waals surface area contributed by atoms with E-state index in [2.05, 4.69) is 23.3 Å². The minimum atomic E-state index is -0.243. The maximum Gasteiger partial charge on any atom is 0.326 e. The van der Waals surface area contributed by atoms with Crippen molar-refractivity contribution in [2.45, 2.75) is 18.9 Å². The molecule has 1 fully saturated rings. The molecule has 1 heterocycles. The molecule has 7 heteroatoms. The van der Waals surface area contributed by atoms with Crippen LogP contribution in [0.15, 0.2) is 66.7 Å². The quantitative estimate of drug-likeness (QED) is 0.445. The van der Waals surface area contributed by atoms with Gasteiger partial charge in [0, 0.05) is 34.0 Å². The standard InChI is InChI=1S/C26H24Cl2N4O/c1-31-11-3-6-25(31)17-32(26(33)30-23-14-21(27)13-22(28)15-23)24-9-7-19(8-10-24)20-5-2-4-18(12-20)16-29/h2,4-5,7-10,12-15,25H,3,6,11,17H2,1H3,(H,30,33)/t25-/m0/s1. The van der Waals surface area contributed by atoms with Gasteiger partial charge in [-0.2, -0.15) is 5.26 Å². The molecule has 1 atom stereocenters. The molecule has 3 aromatic rings. The van der Waals surface area contributed by atoms with Crippen LogP contribution in [0.3, 0.4) is 0 Å². The Hall–Kier alpha value is -3.04. The number of amides is 2. The van der Waals surface area contributed by atoms with Crippen LogP contribution in [-0.4, -0.2) is 37.1 Å². The Balaban J connectivity index is 1.61. The zero-order valence-electron chi connectivity index (χ0n) is 18.3. The third-order valence-electron chi connectivity index (χ3n) is 5.93. The molecule has 5 nitrogen and oxygen atoms in total. The van der Waals surface area contributed by atoms with Crippen LogP contribution in [0.1, 0.15) is 18.4 Å². The number of nitriles is 1. The van der Waals surface area contributed by atoms with Crippen molar-refractivity contribution >= 4 is 40.6 Å². The number of halogens is 2. The molecule has 168 valence electrons.